The van der Waals surface area contributed by atoms with Gasteiger partial charge in [0.2, 0.25) is 0 Å². The monoisotopic (exact) mass is 385 g/mol. The number of carbonyl (C=O) groups is 1. The van der Waals surface area contributed by atoms with Crippen molar-refractivity contribution in [2.75, 3.05) is 0 Å². The molecule has 0 radical (unpaired) electrons. The van der Waals surface area contributed by atoms with Crippen molar-refractivity contribution in [1.82, 2.24) is 9.99 Å². The first-order valence-electron chi connectivity index (χ1n) is 8.51. The molecule has 0 bridgehead atoms. The lowest BCUT2D eigenvalue weighted by molar-refractivity contribution is -0.137. The number of rotatable bonds is 4. The van der Waals surface area contributed by atoms with Crippen LogP contribution in [0.4, 0.5) is 13.2 Å². The van der Waals surface area contributed by atoms with E-state index in [-0.39, 0.29) is 5.56 Å². The largest absolute Gasteiger partial charge is 0.416 e. The minimum absolute atomic E-state index is 0.114. The van der Waals surface area contributed by atoms with Gasteiger partial charge in [0, 0.05) is 17.4 Å². The van der Waals surface area contributed by atoms with Crippen molar-refractivity contribution in [3.8, 4) is 5.69 Å². The maximum Gasteiger partial charge on any atom is 0.416 e. The van der Waals surface area contributed by atoms with Gasteiger partial charge in [-0.25, -0.2) is 5.43 Å². The molecule has 144 valence electrons. The molecule has 3 rings (SSSR count). The number of carbonyl (C=O) groups excluding carboxylic acids is 1. The molecule has 7 heteroatoms. The molecular weight excluding hydrogens is 367 g/mol. The summed E-state index contributed by atoms with van der Waals surface area (Å²) in [5, 5.41) is 3.88. The second-order valence-corrected chi connectivity index (χ2v) is 6.35. The van der Waals surface area contributed by atoms with Crippen LogP contribution in [0.2, 0.25) is 0 Å². The van der Waals surface area contributed by atoms with E-state index in [1.807, 2.05) is 54.9 Å². The zero-order valence-electron chi connectivity index (χ0n) is 15.3. The van der Waals surface area contributed by atoms with E-state index in [0.29, 0.717) is 5.69 Å². The van der Waals surface area contributed by atoms with Gasteiger partial charge in [-0.05, 0) is 67.4 Å². The fourth-order valence-corrected chi connectivity index (χ4v) is 2.67. The average molecular weight is 385 g/mol. The van der Waals surface area contributed by atoms with Crippen molar-refractivity contribution >= 4 is 12.1 Å². The molecule has 3 aromatic rings. The Labute approximate surface area is 160 Å². The first kappa shape index (κ1) is 19.4. The van der Waals surface area contributed by atoms with E-state index in [1.165, 1.54) is 23.9 Å². The van der Waals surface area contributed by atoms with Gasteiger partial charge in [-0.15, -0.1) is 0 Å². The zero-order chi connectivity index (χ0) is 20.3. The molecular formula is C21H18F3N3O. The highest BCUT2D eigenvalue weighted by molar-refractivity contribution is 5.95. The number of amides is 1. The van der Waals surface area contributed by atoms with Crippen molar-refractivity contribution < 1.29 is 18.0 Å². The number of aromatic nitrogens is 1. The second-order valence-electron chi connectivity index (χ2n) is 6.35. The van der Waals surface area contributed by atoms with E-state index in [4.69, 9.17) is 0 Å². The molecule has 28 heavy (non-hydrogen) atoms. The Bertz CT molecular complexity index is 1040. The summed E-state index contributed by atoms with van der Waals surface area (Å²) in [5.74, 6) is -0.716. The van der Waals surface area contributed by atoms with Gasteiger partial charge in [0.05, 0.1) is 17.5 Å². The molecule has 0 aliphatic carbocycles. The minimum Gasteiger partial charge on any atom is -0.316 e. The van der Waals surface area contributed by atoms with Crippen molar-refractivity contribution in [3.63, 3.8) is 0 Å². The molecule has 0 aliphatic heterocycles. The number of alkyl halides is 3. The number of benzene rings is 2. The molecule has 2 aromatic carbocycles. The van der Waals surface area contributed by atoms with Crippen LogP contribution in [-0.2, 0) is 6.18 Å². The van der Waals surface area contributed by atoms with Crippen LogP contribution >= 0.6 is 0 Å². The Balaban J connectivity index is 1.75. The van der Waals surface area contributed by atoms with Crippen molar-refractivity contribution in [2.24, 2.45) is 5.10 Å². The van der Waals surface area contributed by atoms with Gasteiger partial charge in [0.15, 0.2) is 0 Å². The van der Waals surface area contributed by atoms with E-state index in [2.05, 4.69) is 10.5 Å². The molecule has 1 aromatic heterocycles. The molecule has 1 amide bonds. The smallest absolute Gasteiger partial charge is 0.316 e. The number of hydrogen-bond donors (Lipinski definition) is 1. The predicted molar refractivity (Wildman–Crippen MR) is 102 cm³/mol. The summed E-state index contributed by atoms with van der Waals surface area (Å²) < 4.78 is 40.2. The Kier molecular flexibility index (Phi) is 5.35. The molecule has 0 atom stereocenters. The molecule has 0 fully saturated rings. The number of halogens is 3. The molecule has 0 unspecified atom stereocenters. The topological polar surface area (TPSA) is 46.4 Å². The lowest BCUT2D eigenvalue weighted by Crippen LogP contribution is -2.18. The predicted octanol–water partition coefficient (Wildman–Crippen LogP) is 4.88. The lowest BCUT2D eigenvalue weighted by Gasteiger charge is -2.09. The molecule has 0 saturated carbocycles. The van der Waals surface area contributed by atoms with E-state index in [0.717, 1.165) is 23.4 Å². The van der Waals surface area contributed by atoms with Crippen molar-refractivity contribution in [3.05, 3.63) is 88.7 Å². The normalized spacial score (nSPS) is 11.8. The second kappa shape index (κ2) is 7.72. The van der Waals surface area contributed by atoms with Crippen LogP contribution < -0.4 is 5.43 Å². The van der Waals surface area contributed by atoms with E-state index < -0.39 is 17.6 Å². The Hall–Kier alpha value is -3.35. The van der Waals surface area contributed by atoms with Gasteiger partial charge in [0.1, 0.15) is 0 Å². The van der Waals surface area contributed by atoms with Crippen LogP contribution in [0.5, 0.6) is 0 Å². The lowest BCUT2D eigenvalue weighted by atomic mass is 10.1. The third kappa shape index (κ3) is 4.31. The first-order chi connectivity index (χ1) is 13.3. The van der Waals surface area contributed by atoms with Gasteiger partial charge in [-0.1, -0.05) is 12.1 Å². The summed E-state index contributed by atoms with van der Waals surface area (Å²) in [7, 11) is 0. The molecule has 1 heterocycles. The third-order valence-corrected chi connectivity index (χ3v) is 4.36. The molecule has 0 spiro atoms. The highest BCUT2D eigenvalue weighted by Crippen LogP contribution is 2.29. The summed E-state index contributed by atoms with van der Waals surface area (Å²) in [4.78, 5) is 12.1. The average Bonchev–Trinajstić information content (AvgIpc) is 3.12. The highest BCUT2D eigenvalue weighted by atomic mass is 19.4. The highest BCUT2D eigenvalue weighted by Gasteiger charge is 2.30. The number of nitrogens with one attached hydrogen (secondary N) is 1. The fraction of sp³-hybridized carbons (Fsp3) is 0.143. The maximum atomic E-state index is 12.8. The Morgan fingerprint density at radius 1 is 1.04 bits per heavy atom. The van der Waals surface area contributed by atoms with Crippen molar-refractivity contribution in [1.29, 1.82) is 0 Å². The third-order valence-electron chi connectivity index (χ3n) is 4.36. The summed E-state index contributed by atoms with van der Waals surface area (Å²) in [6.45, 7) is 4.05. The van der Waals surface area contributed by atoms with Gasteiger partial charge in [-0.2, -0.15) is 18.3 Å². The number of hydrogen-bond acceptors (Lipinski definition) is 2. The van der Waals surface area contributed by atoms with Crippen molar-refractivity contribution in [2.45, 2.75) is 20.0 Å². The number of aryl methyl sites for hydroxylation is 2. The zero-order valence-corrected chi connectivity index (χ0v) is 15.3. The van der Waals surface area contributed by atoms with E-state index >= 15 is 0 Å². The fourth-order valence-electron chi connectivity index (χ4n) is 2.67. The molecule has 1 N–H and O–H groups in total. The summed E-state index contributed by atoms with van der Waals surface area (Å²) >= 11 is 0. The van der Waals surface area contributed by atoms with Crippen LogP contribution in [0.3, 0.4) is 0 Å². The summed E-state index contributed by atoms with van der Waals surface area (Å²) in [5.41, 5.74) is 5.25. The van der Waals surface area contributed by atoms with Crippen LogP contribution in [0.15, 0.2) is 65.9 Å². The molecule has 0 aliphatic rings. The van der Waals surface area contributed by atoms with E-state index in [9.17, 15) is 18.0 Å². The Morgan fingerprint density at radius 3 is 2.54 bits per heavy atom. The SMILES string of the molecule is Cc1ccc(-n2cccc2/C=N\NC(=O)c2cccc(C(F)(F)F)c2)cc1C. The standard InChI is InChI=1S/C21H18F3N3O/c1-14-8-9-18(11-15(14)2)27-10-4-7-19(27)13-25-26-20(28)16-5-3-6-17(12-16)21(22,23)24/h3-13H,1-2H3,(H,26,28)/b25-13-. The quantitative estimate of drug-likeness (QED) is 0.505. The molecule has 4 nitrogen and oxygen atoms in total. The van der Waals surface area contributed by atoms with Crippen LogP contribution in [0, 0.1) is 13.8 Å². The number of hydrazone groups is 1. The van der Waals surface area contributed by atoms with Gasteiger partial charge >= 0.3 is 6.18 Å². The van der Waals surface area contributed by atoms with Gasteiger partial charge in [0.25, 0.3) is 5.91 Å². The molecule has 0 saturated heterocycles. The maximum absolute atomic E-state index is 12.8. The Morgan fingerprint density at radius 2 is 1.82 bits per heavy atom. The van der Waals surface area contributed by atoms with Crippen LogP contribution in [-0.4, -0.2) is 16.7 Å². The van der Waals surface area contributed by atoms with Gasteiger partial charge in [-0.3, -0.25) is 4.79 Å². The minimum atomic E-state index is -4.51. The van der Waals surface area contributed by atoms with Crippen LogP contribution in [0.25, 0.3) is 5.69 Å². The van der Waals surface area contributed by atoms with Gasteiger partial charge < -0.3 is 4.57 Å². The van der Waals surface area contributed by atoms with E-state index in [1.54, 1.807) is 0 Å². The summed E-state index contributed by atoms with van der Waals surface area (Å²) in [6, 6.07) is 13.9. The summed E-state index contributed by atoms with van der Waals surface area (Å²) in [6.07, 6.45) is -1.20. The number of nitrogens with zero attached hydrogens (tertiary/aromatic N) is 2. The first-order valence-corrected chi connectivity index (χ1v) is 8.51. The van der Waals surface area contributed by atoms with Crippen LogP contribution in [0.1, 0.15) is 32.7 Å².